The summed E-state index contributed by atoms with van der Waals surface area (Å²) in [7, 11) is -1.07. The first-order chi connectivity index (χ1) is 10.6. The molecular formula is C15H10ClNO2S3. The molecule has 0 atom stereocenters. The number of nitrogens with zero attached hydrogens (tertiary/aromatic N) is 1. The van der Waals surface area contributed by atoms with Gasteiger partial charge in [0.25, 0.3) is 10.0 Å². The van der Waals surface area contributed by atoms with Crippen LogP contribution in [-0.4, -0.2) is 8.42 Å². The lowest BCUT2D eigenvalue weighted by atomic mass is 10.2. The maximum Gasteiger partial charge on any atom is 0.283 e. The molecular weight excluding hydrogens is 358 g/mol. The maximum atomic E-state index is 12.3. The Kier molecular flexibility index (Phi) is 4.44. The Hall–Kier alpha value is -1.47. The van der Waals surface area contributed by atoms with Crippen molar-refractivity contribution < 1.29 is 8.42 Å². The summed E-state index contributed by atoms with van der Waals surface area (Å²) in [6.45, 7) is 0. The van der Waals surface area contributed by atoms with E-state index in [4.69, 9.17) is 11.6 Å². The van der Waals surface area contributed by atoms with Crippen LogP contribution in [0.2, 0.25) is 5.02 Å². The van der Waals surface area contributed by atoms with Gasteiger partial charge in [-0.2, -0.15) is 8.42 Å². The number of benzene rings is 2. The topological polar surface area (TPSA) is 46.5 Å². The molecule has 0 N–H and O–H groups in total. The summed E-state index contributed by atoms with van der Waals surface area (Å²) in [5.74, 6) is 0. The monoisotopic (exact) mass is 367 g/mol. The molecule has 0 bridgehead atoms. The average Bonchev–Trinajstić information content (AvgIpc) is 2.89. The third kappa shape index (κ3) is 3.15. The van der Waals surface area contributed by atoms with Crippen LogP contribution in [0, 0.1) is 0 Å². The number of hydrogen-bond donors (Lipinski definition) is 0. The van der Waals surface area contributed by atoms with Gasteiger partial charge in [0.15, 0.2) is 4.67 Å². The minimum atomic E-state index is -3.75. The van der Waals surface area contributed by atoms with Crippen molar-refractivity contribution in [2.45, 2.75) is 4.90 Å². The Labute approximate surface area is 140 Å². The summed E-state index contributed by atoms with van der Waals surface area (Å²) in [5, 5.41) is 0.376. The molecule has 112 valence electrons. The number of halogens is 1. The van der Waals surface area contributed by atoms with Crippen molar-refractivity contribution in [2.75, 3.05) is 0 Å². The Morgan fingerprint density at radius 2 is 1.45 bits per heavy atom. The van der Waals surface area contributed by atoms with E-state index in [2.05, 4.69) is 4.40 Å². The predicted octanol–water partition coefficient (Wildman–Crippen LogP) is 4.42. The van der Waals surface area contributed by atoms with E-state index in [0.29, 0.717) is 9.69 Å². The van der Waals surface area contributed by atoms with E-state index < -0.39 is 10.0 Å². The maximum absolute atomic E-state index is 12.3. The second-order valence-corrected chi connectivity index (χ2v) is 8.47. The van der Waals surface area contributed by atoms with Crippen molar-refractivity contribution in [3.05, 3.63) is 70.4 Å². The molecule has 2 aromatic carbocycles. The van der Waals surface area contributed by atoms with Gasteiger partial charge in [-0.05, 0) is 17.7 Å². The standard InChI is InChI=1S/C15H10ClNO2S3/c16-13-14(11-7-3-1-4-8-11)20-21-15(13)17-22(18,19)12-9-5-2-6-10-12/h1-10H/b17-15-. The molecule has 0 unspecified atom stereocenters. The van der Waals surface area contributed by atoms with Gasteiger partial charge in [0.05, 0.1) is 14.8 Å². The second kappa shape index (κ2) is 6.34. The Balaban J connectivity index is 2.09. The molecule has 3 rings (SSSR count). The third-order valence-electron chi connectivity index (χ3n) is 2.87. The Bertz CT molecular complexity index is 945. The number of rotatable bonds is 3. The molecule has 3 nitrogen and oxygen atoms in total. The summed E-state index contributed by atoms with van der Waals surface area (Å²) >= 11 is 6.32. The summed E-state index contributed by atoms with van der Waals surface area (Å²) in [6, 6.07) is 17.7. The Morgan fingerprint density at radius 3 is 2.09 bits per heavy atom. The average molecular weight is 368 g/mol. The highest BCUT2D eigenvalue weighted by Gasteiger charge is 2.15. The van der Waals surface area contributed by atoms with Crippen molar-refractivity contribution in [2.24, 2.45) is 4.40 Å². The summed E-state index contributed by atoms with van der Waals surface area (Å²) in [4.78, 5) is 0.986. The predicted molar refractivity (Wildman–Crippen MR) is 91.8 cm³/mol. The fourth-order valence-electron chi connectivity index (χ4n) is 1.83. The largest absolute Gasteiger partial charge is 0.283 e. The van der Waals surface area contributed by atoms with Crippen LogP contribution in [0.25, 0.3) is 10.4 Å². The van der Waals surface area contributed by atoms with E-state index in [-0.39, 0.29) is 4.90 Å². The Morgan fingerprint density at radius 1 is 0.864 bits per heavy atom. The highest BCUT2D eigenvalue weighted by molar-refractivity contribution is 7.90. The smallest absolute Gasteiger partial charge is 0.199 e. The highest BCUT2D eigenvalue weighted by Crippen LogP contribution is 2.32. The highest BCUT2D eigenvalue weighted by atomic mass is 35.5. The lowest BCUT2D eigenvalue weighted by molar-refractivity contribution is 0.597. The van der Waals surface area contributed by atoms with Crippen LogP contribution < -0.4 is 4.67 Å². The zero-order chi connectivity index (χ0) is 15.6. The summed E-state index contributed by atoms with van der Waals surface area (Å²) in [6.07, 6.45) is 0. The summed E-state index contributed by atoms with van der Waals surface area (Å²) in [5.41, 5.74) is 0.951. The van der Waals surface area contributed by atoms with E-state index in [0.717, 1.165) is 10.4 Å². The molecule has 0 radical (unpaired) electrons. The first-order valence-electron chi connectivity index (χ1n) is 6.28. The molecule has 0 aliphatic rings. The molecule has 7 heteroatoms. The summed E-state index contributed by atoms with van der Waals surface area (Å²) < 4.78 is 28.8. The van der Waals surface area contributed by atoms with Crippen LogP contribution in [-0.2, 0) is 10.0 Å². The van der Waals surface area contributed by atoms with Gasteiger partial charge >= 0.3 is 0 Å². The van der Waals surface area contributed by atoms with E-state index >= 15 is 0 Å². The van der Waals surface area contributed by atoms with Crippen molar-refractivity contribution in [1.82, 2.24) is 0 Å². The molecule has 22 heavy (non-hydrogen) atoms. The van der Waals surface area contributed by atoms with Crippen molar-refractivity contribution >= 4 is 42.3 Å². The van der Waals surface area contributed by atoms with E-state index in [1.165, 1.54) is 32.8 Å². The lowest BCUT2D eigenvalue weighted by Crippen LogP contribution is -2.04. The van der Waals surface area contributed by atoms with Gasteiger partial charge in [-0.25, -0.2) is 0 Å². The van der Waals surface area contributed by atoms with Crippen molar-refractivity contribution in [1.29, 1.82) is 0 Å². The van der Waals surface area contributed by atoms with Gasteiger partial charge in [0.2, 0.25) is 0 Å². The van der Waals surface area contributed by atoms with Crippen LogP contribution in [0.1, 0.15) is 0 Å². The van der Waals surface area contributed by atoms with Crippen LogP contribution in [0.4, 0.5) is 0 Å². The zero-order valence-corrected chi connectivity index (χ0v) is 14.3. The normalized spacial score (nSPS) is 12.5. The molecule has 0 amide bonds. The molecule has 1 aromatic heterocycles. The molecule has 0 fully saturated rings. The third-order valence-corrected chi connectivity index (χ3v) is 7.24. The first kappa shape index (κ1) is 15.4. The van der Waals surface area contributed by atoms with Crippen molar-refractivity contribution in [3.8, 4) is 10.4 Å². The molecule has 0 aliphatic heterocycles. The van der Waals surface area contributed by atoms with Crippen molar-refractivity contribution in [3.63, 3.8) is 0 Å². The lowest BCUT2D eigenvalue weighted by Gasteiger charge is -1.97. The van der Waals surface area contributed by atoms with Gasteiger partial charge in [0, 0.05) is 0 Å². The van der Waals surface area contributed by atoms with Crippen LogP contribution in [0.15, 0.2) is 70.0 Å². The molecule has 0 saturated carbocycles. The van der Waals surface area contributed by atoms with Gasteiger partial charge in [-0.15, -0.1) is 4.40 Å². The fourth-order valence-corrected chi connectivity index (χ4v) is 6.22. The van der Waals surface area contributed by atoms with E-state index in [9.17, 15) is 8.42 Å². The number of hydrogen-bond acceptors (Lipinski definition) is 4. The van der Waals surface area contributed by atoms with Gasteiger partial charge in [0.1, 0.15) is 0 Å². The first-order valence-corrected chi connectivity index (χ1v) is 10.2. The molecule has 3 aromatic rings. The van der Waals surface area contributed by atoms with E-state index in [1.54, 1.807) is 18.2 Å². The van der Waals surface area contributed by atoms with Crippen LogP contribution in [0.5, 0.6) is 0 Å². The molecule has 0 saturated heterocycles. The second-order valence-electron chi connectivity index (χ2n) is 4.36. The SMILES string of the molecule is O=S(=O)(/N=c1\ssc(-c2ccccc2)c1Cl)c1ccccc1. The van der Waals surface area contributed by atoms with E-state index in [1.807, 2.05) is 30.3 Å². The van der Waals surface area contributed by atoms with Gasteiger partial charge in [-0.3, -0.25) is 0 Å². The quantitative estimate of drug-likeness (QED) is 0.643. The molecule has 1 heterocycles. The molecule has 0 aliphatic carbocycles. The van der Waals surface area contributed by atoms with Gasteiger partial charge < -0.3 is 0 Å². The minimum absolute atomic E-state index is 0.158. The minimum Gasteiger partial charge on any atom is -0.199 e. The fraction of sp³-hybridized carbons (Fsp3) is 0. The van der Waals surface area contributed by atoms with Crippen LogP contribution >= 0.6 is 32.3 Å². The number of sulfonamides is 1. The molecule has 0 spiro atoms. The van der Waals surface area contributed by atoms with Gasteiger partial charge in [-0.1, -0.05) is 80.8 Å². The zero-order valence-electron chi connectivity index (χ0n) is 11.1. The van der Waals surface area contributed by atoms with Crippen LogP contribution in [0.3, 0.4) is 0 Å².